The average molecular weight is 451 g/mol. The van der Waals surface area contributed by atoms with E-state index in [4.69, 9.17) is 9.72 Å². The number of hydrogen-bond donors (Lipinski definition) is 0. The molecule has 1 atom stereocenters. The Kier molecular flexibility index (Phi) is 7.04. The maximum absolute atomic E-state index is 6.09. The van der Waals surface area contributed by atoms with Gasteiger partial charge in [0.05, 0.1) is 18.1 Å². The summed E-state index contributed by atoms with van der Waals surface area (Å²) in [4.78, 5) is 7.37. The third-order valence-corrected chi connectivity index (χ3v) is 8.31. The van der Waals surface area contributed by atoms with E-state index in [0.29, 0.717) is 12.5 Å². The van der Waals surface area contributed by atoms with Gasteiger partial charge in [0.1, 0.15) is 4.83 Å². The number of ether oxygens (including phenoxy) is 1. The van der Waals surface area contributed by atoms with Gasteiger partial charge in [-0.1, -0.05) is 70.0 Å². The number of aromatic nitrogens is 4. The van der Waals surface area contributed by atoms with Crippen molar-refractivity contribution >= 4 is 50.7 Å². The van der Waals surface area contributed by atoms with E-state index in [1.54, 1.807) is 23.1 Å². The van der Waals surface area contributed by atoms with Crippen LogP contribution in [0.4, 0.5) is 0 Å². The monoisotopic (exact) mass is 450 g/mol. The zero-order chi connectivity index (χ0) is 20.4. The molecular weight excluding hydrogens is 420 g/mol. The Labute approximate surface area is 185 Å². The van der Waals surface area contributed by atoms with Crippen LogP contribution in [0.5, 0.6) is 0 Å². The number of unbranched alkanes of at least 4 members (excludes halogenated alkanes) is 4. The molecule has 4 heterocycles. The number of rotatable bonds is 9. The van der Waals surface area contributed by atoms with Crippen LogP contribution in [0.15, 0.2) is 10.3 Å². The highest BCUT2D eigenvalue weighted by atomic mass is 32.2. The summed E-state index contributed by atoms with van der Waals surface area (Å²) in [5, 5.41) is 12.4. The Bertz CT molecular complexity index is 982. The van der Waals surface area contributed by atoms with Gasteiger partial charge in [0.15, 0.2) is 16.0 Å². The SMILES string of the molecule is CCCCCCCSc1nnc2c3c4c(sc3nc(SC)n12)CO[C@H](C(C)C)C4. The molecule has 0 N–H and O–H groups in total. The second-order valence-electron chi connectivity index (χ2n) is 7.98. The quantitative estimate of drug-likeness (QED) is 0.219. The standard InChI is InChI=1S/C21H30N4OS3/c1-5-6-7-8-9-10-28-21-24-23-18-17-14-11-15(13(2)3)26-12-16(14)29-19(17)22-20(27-4)25(18)21/h13,15H,5-12H2,1-4H3/t15-/m0/s1. The smallest absolute Gasteiger partial charge is 0.197 e. The Morgan fingerprint density at radius 1 is 1.17 bits per heavy atom. The topological polar surface area (TPSA) is 52.3 Å². The minimum Gasteiger partial charge on any atom is -0.372 e. The number of fused-ring (bicyclic) bond motifs is 5. The fourth-order valence-corrected chi connectivity index (χ4v) is 6.55. The molecule has 0 aliphatic carbocycles. The first kappa shape index (κ1) is 21.4. The molecule has 0 bridgehead atoms. The molecule has 0 spiro atoms. The molecule has 158 valence electrons. The van der Waals surface area contributed by atoms with Crippen LogP contribution in [-0.4, -0.2) is 37.7 Å². The summed E-state index contributed by atoms with van der Waals surface area (Å²) >= 11 is 5.24. The fourth-order valence-electron chi connectivity index (χ4n) is 3.85. The summed E-state index contributed by atoms with van der Waals surface area (Å²) in [6, 6.07) is 0. The summed E-state index contributed by atoms with van der Waals surface area (Å²) in [6.07, 6.45) is 9.76. The van der Waals surface area contributed by atoms with Gasteiger partial charge in [0.2, 0.25) is 0 Å². The van der Waals surface area contributed by atoms with E-state index in [9.17, 15) is 0 Å². The molecule has 29 heavy (non-hydrogen) atoms. The summed E-state index contributed by atoms with van der Waals surface area (Å²) in [5.41, 5.74) is 2.35. The molecule has 5 nitrogen and oxygen atoms in total. The third-order valence-electron chi connectivity index (χ3n) is 5.56. The molecule has 0 saturated heterocycles. The number of thioether (sulfide) groups is 2. The van der Waals surface area contributed by atoms with Crippen LogP contribution in [0.25, 0.3) is 15.9 Å². The van der Waals surface area contributed by atoms with Crippen LogP contribution >= 0.6 is 34.9 Å². The largest absolute Gasteiger partial charge is 0.372 e. The van der Waals surface area contributed by atoms with E-state index in [1.807, 2.05) is 11.8 Å². The maximum Gasteiger partial charge on any atom is 0.197 e. The van der Waals surface area contributed by atoms with E-state index >= 15 is 0 Å². The molecule has 3 aromatic heterocycles. The van der Waals surface area contributed by atoms with Gasteiger partial charge in [-0.25, -0.2) is 9.38 Å². The summed E-state index contributed by atoms with van der Waals surface area (Å²) in [7, 11) is 0. The summed E-state index contributed by atoms with van der Waals surface area (Å²) in [5.74, 6) is 1.59. The first-order chi connectivity index (χ1) is 14.1. The summed E-state index contributed by atoms with van der Waals surface area (Å²) < 4.78 is 8.27. The molecule has 1 aliphatic heterocycles. The van der Waals surface area contributed by atoms with E-state index in [-0.39, 0.29) is 6.10 Å². The summed E-state index contributed by atoms with van der Waals surface area (Å²) in [6.45, 7) is 7.41. The van der Waals surface area contributed by atoms with Gasteiger partial charge in [-0.3, -0.25) is 0 Å². The van der Waals surface area contributed by atoms with Crippen molar-refractivity contribution in [3.05, 3.63) is 10.4 Å². The minimum atomic E-state index is 0.264. The van der Waals surface area contributed by atoms with E-state index in [0.717, 1.165) is 33.0 Å². The van der Waals surface area contributed by atoms with E-state index in [1.165, 1.54) is 47.9 Å². The van der Waals surface area contributed by atoms with Crippen molar-refractivity contribution in [2.45, 2.75) is 82.3 Å². The van der Waals surface area contributed by atoms with Crippen LogP contribution in [0.1, 0.15) is 63.3 Å². The molecule has 4 rings (SSSR count). The van der Waals surface area contributed by atoms with Crippen molar-refractivity contribution in [3.8, 4) is 0 Å². The van der Waals surface area contributed by atoms with Gasteiger partial charge in [-0.05, 0) is 24.2 Å². The van der Waals surface area contributed by atoms with Gasteiger partial charge < -0.3 is 4.74 Å². The molecule has 0 saturated carbocycles. The van der Waals surface area contributed by atoms with Gasteiger partial charge in [-0.15, -0.1) is 21.5 Å². The fraction of sp³-hybridized carbons (Fsp3) is 0.667. The molecular formula is C21H30N4OS3. The Balaban J connectivity index is 1.66. The highest BCUT2D eigenvalue weighted by Crippen LogP contribution is 2.40. The van der Waals surface area contributed by atoms with Gasteiger partial charge in [0, 0.05) is 17.1 Å². The van der Waals surface area contributed by atoms with Crippen molar-refractivity contribution in [2.24, 2.45) is 5.92 Å². The lowest BCUT2D eigenvalue weighted by Crippen LogP contribution is -2.26. The van der Waals surface area contributed by atoms with Crippen molar-refractivity contribution in [1.82, 2.24) is 19.6 Å². The molecule has 0 fully saturated rings. The minimum absolute atomic E-state index is 0.264. The first-order valence-corrected chi connectivity index (χ1v) is 13.6. The Hall–Kier alpha value is -0.830. The predicted octanol–water partition coefficient (Wildman–Crippen LogP) is 6.22. The van der Waals surface area contributed by atoms with Crippen LogP contribution in [0, 0.1) is 5.92 Å². The second kappa shape index (κ2) is 9.54. The molecule has 0 unspecified atom stereocenters. The molecule has 8 heteroatoms. The number of thiophene rings is 1. The molecule has 0 aromatic carbocycles. The van der Waals surface area contributed by atoms with Gasteiger partial charge >= 0.3 is 0 Å². The Morgan fingerprint density at radius 3 is 2.76 bits per heavy atom. The van der Waals surface area contributed by atoms with Crippen molar-refractivity contribution < 1.29 is 4.74 Å². The number of hydrogen-bond acceptors (Lipinski definition) is 7. The molecule has 0 amide bonds. The third kappa shape index (κ3) is 4.31. The highest BCUT2D eigenvalue weighted by Gasteiger charge is 2.28. The maximum atomic E-state index is 6.09. The van der Waals surface area contributed by atoms with Crippen LogP contribution in [0.2, 0.25) is 0 Å². The predicted molar refractivity (Wildman–Crippen MR) is 125 cm³/mol. The lowest BCUT2D eigenvalue weighted by Gasteiger charge is -2.26. The lowest BCUT2D eigenvalue weighted by molar-refractivity contribution is 0.00203. The molecule has 3 aromatic rings. The van der Waals surface area contributed by atoms with E-state index in [2.05, 4.69) is 41.6 Å². The zero-order valence-corrected chi connectivity index (χ0v) is 20.2. The normalized spacial score (nSPS) is 16.9. The van der Waals surface area contributed by atoms with Crippen molar-refractivity contribution in [1.29, 1.82) is 0 Å². The van der Waals surface area contributed by atoms with Crippen LogP contribution < -0.4 is 0 Å². The van der Waals surface area contributed by atoms with Crippen LogP contribution in [-0.2, 0) is 17.8 Å². The highest BCUT2D eigenvalue weighted by molar-refractivity contribution is 7.99. The average Bonchev–Trinajstić information content (AvgIpc) is 3.30. The second-order valence-corrected chi connectivity index (χ2v) is 10.9. The lowest BCUT2D eigenvalue weighted by atomic mass is 9.96. The first-order valence-electron chi connectivity index (χ1n) is 10.6. The molecule has 0 radical (unpaired) electrons. The van der Waals surface area contributed by atoms with Gasteiger partial charge in [0.25, 0.3) is 0 Å². The van der Waals surface area contributed by atoms with Crippen molar-refractivity contribution in [2.75, 3.05) is 12.0 Å². The van der Waals surface area contributed by atoms with Crippen LogP contribution in [0.3, 0.4) is 0 Å². The zero-order valence-electron chi connectivity index (χ0n) is 17.7. The Morgan fingerprint density at radius 2 is 2.00 bits per heavy atom. The van der Waals surface area contributed by atoms with E-state index < -0.39 is 0 Å². The van der Waals surface area contributed by atoms with Gasteiger partial charge in [-0.2, -0.15) is 0 Å². The van der Waals surface area contributed by atoms with Crippen molar-refractivity contribution in [3.63, 3.8) is 0 Å². The number of nitrogens with zero attached hydrogens (tertiary/aromatic N) is 4. The molecule has 1 aliphatic rings.